The molecule has 108 valence electrons. The summed E-state index contributed by atoms with van der Waals surface area (Å²) in [5, 5.41) is 2.88. The first-order chi connectivity index (χ1) is 10.2. The molecule has 1 amide bonds. The number of aryl methyl sites for hydroxylation is 1. The Bertz CT molecular complexity index is 617. The molecule has 0 radical (unpaired) electrons. The molecular formula is C18H19NO2. The van der Waals surface area contributed by atoms with E-state index in [1.54, 1.807) is 12.1 Å². The van der Waals surface area contributed by atoms with Crippen molar-refractivity contribution in [3.05, 3.63) is 72.3 Å². The minimum atomic E-state index is -0.0419. The maximum atomic E-state index is 12.0. The first kappa shape index (κ1) is 14.9. The van der Waals surface area contributed by atoms with Crippen molar-refractivity contribution in [2.24, 2.45) is 0 Å². The molecule has 0 aliphatic heterocycles. The quantitative estimate of drug-likeness (QED) is 0.819. The highest BCUT2D eigenvalue weighted by molar-refractivity contribution is 5.92. The van der Waals surface area contributed by atoms with E-state index in [0.29, 0.717) is 18.8 Å². The van der Waals surface area contributed by atoms with Crippen LogP contribution >= 0.6 is 0 Å². The van der Waals surface area contributed by atoms with Crippen LogP contribution in [0.3, 0.4) is 0 Å². The summed E-state index contributed by atoms with van der Waals surface area (Å²) in [5.74, 6) is 0.669. The van der Waals surface area contributed by atoms with Gasteiger partial charge in [-0.1, -0.05) is 48.6 Å². The second-order valence-corrected chi connectivity index (χ2v) is 4.84. The number of rotatable bonds is 6. The van der Waals surface area contributed by atoms with Crippen LogP contribution in [-0.4, -0.2) is 12.5 Å². The number of nitrogens with one attached hydrogen (secondary N) is 1. The summed E-state index contributed by atoms with van der Waals surface area (Å²) in [5.41, 5.74) is 2.91. The van der Waals surface area contributed by atoms with Crippen LogP contribution in [-0.2, 0) is 11.2 Å². The molecule has 0 saturated carbocycles. The van der Waals surface area contributed by atoms with E-state index in [-0.39, 0.29) is 5.91 Å². The van der Waals surface area contributed by atoms with Gasteiger partial charge in [-0.3, -0.25) is 4.79 Å². The molecule has 0 heterocycles. The lowest BCUT2D eigenvalue weighted by molar-refractivity contribution is -0.115. The second-order valence-electron chi connectivity index (χ2n) is 4.84. The van der Waals surface area contributed by atoms with Gasteiger partial charge >= 0.3 is 0 Å². The summed E-state index contributed by atoms with van der Waals surface area (Å²) < 4.78 is 5.44. The zero-order valence-electron chi connectivity index (χ0n) is 12.1. The lowest BCUT2D eigenvalue weighted by Gasteiger charge is -2.08. The lowest BCUT2D eigenvalue weighted by Crippen LogP contribution is -2.14. The van der Waals surface area contributed by atoms with Gasteiger partial charge in [-0.15, -0.1) is 0 Å². The van der Waals surface area contributed by atoms with Crippen molar-refractivity contribution in [2.45, 2.75) is 13.3 Å². The average molecular weight is 281 g/mol. The molecule has 0 aliphatic carbocycles. The van der Waals surface area contributed by atoms with E-state index in [2.05, 4.69) is 11.9 Å². The molecule has 2 aromatic rings. The van der Waals surface area contributed by atoms with Crippen molar-refractivity contribution in [1.29, 1.82) is 0 Å². The number of carbonyl (C=O) groups is 1. The van der Waals surface area contributed by atoms with E-state index in [1.807, 2.05) is 49.4 Å². The van der Waals surface area contributed by atoms with Gasteiger partial charge in [0.05, 0.1) is 6.42 Å². The number of carbonyl (C=O) groups excluding carboxylic acids is 1. The first-order valence-corrected chi connectivity index (χ1v) is 6.86. The van der Waals surface area contributed by atoms with Crippen molar-refractivity contribution >= 4 is 11.6 Å². The van der Waals surface area contributed by atoms with Gasteiger partial charge in [0.15, 0.2) is 0 Å². The molecule has 0 spiro atoms. The molecule has 2 aromatic carbocycles. The van der Waals surface area contributed by atoms with Gasteiger partial charge in [0.1, 0.15) is 12.4 Å². The summed E-state index contributed by atoms with van der Waals surface area (Å²) in [4.78, 5) is 12.0. The monoisotopic (exact) mass is 281 g/mol. The summed E-state index contributed by atoms with van der Waals surface area (Å²) in [6.45, 7) is 6.08. The lowest BCUT2D eigenvalue weighted by atomic mass is 10.1. The number of hydrogen-bond acceptors (Lipinski definition) is 2. The van der Waals surface area contributed by atoms with Crippen LogP contribution in [0, 0.1) is 6.92 Å². The summed E-state index contributed by atoms with van der Waals surface area (Å²) in [6, 6.07) is 15.3. The van der Waals surface area contributed by atoms with E-state index in [9.17, 15) is 4.79 Å². The predicted octanol–water partition coefficient (Wildman–Crippen LogP) is 3.74. The Morgan fingerprint density at radius 3 is 2.71 bits per heavy atom. The summed E-state index contributed by atoms with van der Waals surface area (Å²) >= 11 is 0. The van der Waals surface area contributed by atoms with Crippen LogP contribution in [0.25, 0.3) is 0 Å². The van der Waals surface area contributed by atoms with Crippen LogP contribution in [0.2, 0.25) is 0 Å². The van der Waals surface area contributed by atoms with Gasteiger partial charge in [-0.05, 0) is 24.6 Å². The zero-order valence-corrected chi connectivity index (χ0v) is 12.1. The third-order valence-corrected chi connectivity index (χ3v) is 2.97. The van der Waals surface area contributed by atoms with Gasteiger partial charge in [0, 0.05) is 11.8 Å². The molecular weight excluding hydrogens is 262 g/mol. The Hall–Kier alpha value is -2.55. The molecule has 21 heavy (non-hydrogen) atoms. The third-order valence-electron chi connectivity index (χ3n) is 2.97. The minimum Gasteiger partial charge on any atom is -0.489 e. The van der Waals surface area contributed by atoms with Gasteiger partial charge in [-0.2, -0.15) is 0 Å². The number of benzene rings is 2. The van der Waals surface area contributed by atoms with Crippen LogP contribution in [0.1, 0.15) is 11.1 Å². The molecule has 3 nitrogen and oxygen atoms in total. The number of anilines is 1. The van der Waals surface area contributed by atoms with Gasteiger partial charge in [0.2, 0.25) is 5.91 Å². The van der Waals surface area contributed by atoms with Crippen LogP contribution in [0.15, 0.2) is 61.2 Å². The highest BCUT2D eigenvalue weighted by Crippen LogP contribution is 2.17. The van der Waals surface area contributed by atoms with Crippen LogP contribution in [0.5, 0.6) is 5.75 Å². The molecule has 0 bridgehead atoms. The molecule has 2 rings (SSSR count). The second kappa shape index (κ2) is 7.29. The normalized spacial score (nSPS) is 9.95. The van der Waals surface area contributed by atoms with Crippen molar-refractivity contribution in [1.82, 2.24) is 0 Å². The van der Waals surface area contributed by atoms with E-state index in [0.717, 1.165) is 11.3 Å². The number of hydrogen-bond donors (Lipinski definition) is 1. The SMILES string of the molecule is C=CCOc1cccc(NC(=O)Cc2ccc(C)cc2)c1. The standard InChI is InChI=1S/C18H19NO2/c1-3-11-21-17-6-4-5-16(13-17)19-18(20)12-15-9-7-14(2)8-10-15/h3-10,13H,1,11-12H2,2H3,(H,19,20). The fourth-order valence-corrected chi connectivity index (χ4v) is 1.92. The average Bonchev–Trinajstić information content (AvgIpc) is 2.48. The molecule has 0 aromatic heterocycles. The fourth-order valence-electron chi connectivity index (χ4n) is 1.92. The Labute approximate surface area is 125 Å². The maximum Gasteiger partial charge on any atom is 0.228 e. The van der Waals surface area contributed by atoms with Gasteiger partial charge in [0.25, 0.3) is 0 Å². The van der Waals surface area contributed by atoms with Crippen molar-refractivity contribution in [3.8, 4) is 5.75 Å². The summed E-state index contributed by atoms with van der Waals surface area (Å²) in [6.07, 6.45) is 2.04. The topological polar surface area (TPSA) is 38.3 Å². The van der Waals surface area contributed by atoms with Crippen LogP contribution in [0.4, 0.5) is 5.69 Å². The molecule has 0 unspecified atom stereocenters. The molecule has 3 heteroatoms. The predicted molar refractivity (Wildman–Crippen MR) is 85.6 cm³/mol. The van der Waals surface area contributed by atoms with Crippen molar-refractivity contribution in [2.75, 3.05) is 11.9 Å². The molecule has 0 saturated heterocycles. The Kier molecular flexibility index (Phi) is 5.16. The first-order valence-electron chi connectivity index (χ1n) is 6.86. The fraction of sp³-hybridized carbons (Fsp3) is 0.167. The van der Waals surface area contributed by atoms with E-state index < -0.39 is 0 Å². The Balaban J connectivity index is 1.95. The van der Waals surface area contributed by atoms with Gasteiger partial charge in [-0.25, -0.2) is 0 Å². The molecule has 0 fully saturated rings. The highest BCUT2D eigenvalue weighted by atomic mass is 16.5. The van der Waals surface area contributed by atoms with E-state index in [4.69, 9.17) is 4.74 Å². The molecule has 0 aliphatic rings. The minimum absolute atomic E-state index is 0.0419. The van der Waals surface area contributed by atoms with Crippen molar-refractivity contribution in [3.63, 3.8) is 0 Å². The smallest absolute Gasteiger partial charge is 0.228 e. The maximum absolute atomic E-state index is 12.0. The zero-order chi connectivity index (χ0) is 15.1. The largest absolute Gasteiger partial charge is 0.489 e. The van der Waals surface area contributed by atoms with Gasteiger partial charge < -0.3 is 10.1 Å². The molecule has 0 atom stereocenters. The van der Waals surface area contributed by atoms with E-state index in [1.165, 1.54) is 5.56 Å². The highest BCUT2D eigenvalue weighted by Gasteiger charge is 2.05. The summed E-state index contributed by atoms with van der Waals surface area (Å²) in [7, 11) is 0. The van der Waals surface area contributed by atoms with E-state index >= 15 is 0 Å². The molecule has 1 N–H and O–H groups in total. The van der Waals surface area contributed by atoms with Crippen molar-refractivity contribution < 1.29 is 9.53 Å². The van der Waals surface area contributed by atoms with Crippen LogP contribution < -0.4 is 10.1 Å². The Morgan fingerprint density at radius 1 is 1.24 bits per heavy atom. The Morgan fingerprint density at radius 2 is 2.00 bits per heavy atom. The number of amides is 1. The number of ether oxygens (including phenoxy) is 1. The third kappa shape index (κ3) is 4.80.